The van der Waals surface area contributed by atoms with E-state index in [1.54, 1.807) is 54.9 Å². The number of sulfone groups is 1. The van der Waals surface area contributed by atoms with E-state index in [0.717, 1.165) is 0 Å². The molecule has 0 radical (unpaired) electrons. The van der Waals surface area contributed by atoms with Crippen molar-refractivity contribution in [2.45, 2.75) is 37.3 Å². The Morgan fingerprint density at radius 1 is 0.947 bits per heavy atom. The molecule has 0 bridgehead atoms. The van der Waals surface area contributed by atoms with Crippen LogP contribution in [0.15, 0.2) is 59.8 Å². The van der Waals surface area contributed by atoms with Gasteiger partial charge in [0.2, 0.25) is 0 Å². The second kappa shape index (κ2) is 11.3. The van der Waals surface area contributed by atoms with Gasteiger partial charge in [-0.3, -0.25) is 9.36 Å². The summed E-state index contributed by atoms with van der Waals surface area (Å²) in [7, 11) is -0.802. The lowest BCUT2D eigenvalue weighted by Crippen LogP contribution is -2.28. The topological polar surface area (TPSA) is 131 Å². The van der Waals surface area contributed by atoms with Crippen LogP contribution in [0.1, 0.15) is 37.2 Å². The van der Waals surface area contributed by atoms with Crippen LogP contribution < -0.4 is 15.0 Å². The third kappa shape index (κ3) is 5.55. The second-order valence-corrected chi connectivity index (χ2v) is 11.4. The van der Waals surface area contributed by atoms with E-state index in [0.29, 0.717) is 33.9 Å². The van der Waals surface area contributed by atoms with Crippen molar-refractivity contribution in [2.24, 2.45) is 0 Å². The van der Waals surface area contributed by atoms with Crippen molar-refractivity contribution in [3.05, 3.63) is 87.8 Å². The predicted octanol–water partition coefficient (Wildman–Crippen LogP) is 3.04. The Bertz CT molecular complexity index is 1560. The van der Waals surface area contributed by atoms with Gasteiger partial charge >= 0.3 is 0 Å². The van der Waals surface area contributed by atoms with Crippen LogP contribution in [0.5, 0.6) is 11.5 Å². The maximum absolute atomic E-state index is 13.6. The summed E-state index contributed by atoms with van der Waals surface area (Å²) in [6.07, 6.45) is 4.48. The highest BCUT2D eigenvalue weighted by atomic mass is 35.5. The standard InChI is InChI=1S/C25H27ClN6O5S/c1-16(25-27-12-18(26)13-28-25)17(2)38(34,35)15-22-30-29-21(14-31-11-6-5-10-23(31)33)32(22)24-19(36-3)8-7-9-20(24)37-4/h5-13,16-17H,14-15H2,1-4H3/t16-,17-/m0/s1. The molecule has 0 spiro atoms. The number of nitrogens with zero attached hydrogens (tertiary/aromatic N) is 6. The lowest BCUT2D eigenvalue weighted by molar-refractivity contribution is 0.389. The van der Waals surface area contributed by atoms with E-state index in [4.69, 9.17) is 21.1 Å². The molecule has 0 saturated carbocycles. The summed E-state index contributed by atoms with van der Waals surface area (Å²) in [4.78, 5) is 20.8. The number of benzene rings is 1. The molecular weight excluding hydrogens is 532 g/mol. The number of ether oxygens (including phenoxy) is 2. The molecule has 1 aromatic carbocycles. The summed E-state index contributed by atoms with van der Waals surface area (Å²) in [6, 6.07) is 9.97. The number of para-hydroxylation sites is 1. The van der Waals surface area contributed by atoms with E-state index in [1.165, 1.54) is 37.2 Å². The third-order valence-corrected chi connectivity index (χ3v) is 8.68. The highest BCUT2D eigenvalue weighted by Crippen LogP contribution is 2.35. The third-order valence-electron chi connectivity index (χ3n) is 6.28. The minimum atomic E-state index is -3.79. The van der Waals surface area contributed by atoms with Gasteiger partial charge in [0.05, 0.1) is 31.0 Å². The highest BCUT2D eigenvalue weighted by molar-refractivity contribution is 7.91. The molecule has 0 amide bonds. The summed E-state index contributed by atoms with van der Waals surface area (Å²) < 4.78 is 41.4. The van der Waals surface area contributed by atoms with Crippen molar-refractivity contribution < 1.29 is 17.9 Å². The smallest absolute Gasteiger partial charge is 0.250 e. The van der Waals surface area contributed by atoms with Gasteiger partial charge in [-0.1, -0.05) is 30.7 Å². The number of aromatic nitrogens is 6. The number of halogens is 1. The van der Waals surface area contributed by atoms with Gasteiger partial charge in [0.15, 0.2) is 21.5 Å². The van der Waals surface area contributed by atoms with Gasteiger partial charge in [-0.2, -0.15) is 0 Å². The van der Waals surface area contributed by atoms with Gasteiger partial charge in [0.25, 0.3) is 5.56 Å². The van der Waals surface area contributed by atoms with Gasteiger partial charge in [-0.05, 0) is 25.1 Å². The monoisotopic (exact) mass is 558 g/mol. The molecule has 4 aromatic rings. The first-order chi connectivity index (χ1) is 18.2. The predicted molar refractivity (Wildman–Crippen MR) is 142 cm³/mol. The zero-order valence-corrected chi connectivity index (χ0v) is 22.8. The number of rotatable bonds is 10. The van der Waals surface area contributed by atoms with Crippen LogP contribution in [0.25, 0.3) is 5.69 Å². The molecule has 0 saturated heterocycles. The van der Waals surface area contributed by atoms with E-state index in [-0.39, 0.29) is 17.9 Å². The van der Waals surface area contributed by atoms with Crippen LogP contribution >= 0.6 is 11.6 Å². The zero-order chi connectivity index (χ0) is 27.4. The Kier molecular flexibility index (Phi) is 8.12. The van der Waals surface area contributed by atoms with Crippen molar-refractivity contribution in [3.63, 3.8) is 0 Å². The molecule has 3 heterocycles. The molecular formula is C25H27ClN6O5S. The van der Waals surface area contributed by atoms with E-state index < -0.39 is 26.8 Å². The molecule has 38 heavy (non-hydrogen) atoms. The molecule has 13 heteroatoms. The van der Waals surface area contributed by atoms with Crippen LogP contribution in [0, 0.1) is 0 Å². The molecule has 0 unspecified atom stereocenters. The molecule has 4 rings (SSSR count). The number of hydrogen-bond acceptors (Lipinski definition) is 9. The first-order valence-electron chi connectivity index (χ1n) is 11.6. The maximum atomic E-state index is 13.6. The molecule has 0 N–H and O–H groups in total. The molecule has 0 aliphatic carbocycles. The first-order valence-corrected chi connectivity index (χ1v) is 13.7. The lowest BCUT2D eigenvalue weighted by Gasteiger charge is -2.20. The average Bonchev–Trinajstić information content (AvgIpc) is 3.29. The molecule has 0 aliphatic rings. The Hall–Kier alpha value is -3.77. The summed E-state index contributed by atoms with van der Waals surface area (Å²) in [5, 5.41) is 8.02. The lowest BCUT2D eigenvalue weighted by atomic mass is 10.1. The van der Waals surface area contributed by atoms with Crippen molar-refractivity contribution in [2.75, 3.05) is 14.2 Å². The normalized spacial score (nSPS) is 13.2. The van der Waals surface area contributed by atoms with E-state index in [9.17, 15) is 13.2 Å². The summed E-state index contributed by atoms with van der Waals surface area (Å²) >= 11 is 5.89. The van der Waals surface area contributed by atoms with E-state index in [2.05, 4.69) is 20.2 Å². The molecule has 0 aliphatic heterocycles. The SMILES string of the molecule is COc1cccc(OC)c1-n1c(Cn2ccccc2=O)nnc1CS(=O)(=O)[C@@H](C)[C@H](C)c1ncc(Cl)cn1. The molecule has 2 atom stereocenters. The van der Waals surface area contributed by atoms with Crippen LogP contribution in [0.2, 0.25) is 5.02 Å². The summed E-state index contributed by atoms with van der Waals surface area (Å²) in [5.41, 5.74) is 0.182. The van der Waals surface area contributed by atoms with Crippen LogP contribution in [0.4, 0.5) is 0 Å². The first kappa shape index (κ1) is 27.3. The van der Waals surface area contributed by atoms with E-state index >= 15 is 0 Å². The summed E-state index contributed by atoms with van der Waals surface area (Å²) in [6.45, 7) is 3.39. The molecule has 200 valence electrons. The largest absolute Gasteiger partial charge is 0.494 e. The minimum Gasteiger partial charge on any atom is -0.494 e. The maximum Gasteiger partial charge on any atom is 0.250 e. The Labute approximate surface area is 225 Å². The molecule has 3 aromatic heterocycles. The van der Waals surface area contributed by atoms with Crippen LogP contribution in [-0.4, -0.2) is 57.2 Å². The van der Waals surface area contributed by atoms with Crippen molar-refractivity contribution in [1.29, 1.82) is 0 Å². The Morgan fingerprint density at radius 3 is 2.18 bits per heavy atom. The average molecular weight is 559 g/mol. The van der Waals surface area contributed by atoms with Gasteiger partial charge in [-0.15, -0.1) is 10.2 Å². The molecule has 0 fully saturated rings. The summed E-state index contributed by atoms with van der Waals surface area (Å²) in [5.74, 6) is 0.709. The van der Waals surface area contributed by atoms with Gasteiger partial charge in [0, 0.05) is 30.6 Å². The van der Waals surface area contributed by atoms with Crippen LogP contribution in [0.3, 0.4) is 0 Å². The van der Waals surface area contributed by atoms with Crippen molar-refractivity contribution in [3.8, 4) is 17.2 Å². The fourth-order valence-electron chi connectivity index (χ4n) is 3.99. The van der Waals surface area contributed by atoms with Crippen molar-refractivity contribution in [1.82, 2.24) is 29.3 Å². The van der Waals surface area contributed by atoms with Gasteiger partial charge < -0.3 is 14.0 Å². The number of pyridine rings is 1. The number of hydrogen-bond donors (Lipinski definition) is 0. The fraction of sp³-hybridized carbons (Fsp3) is 0.320. The molecule has 11 nitrogen and oxygen atoms in total. The highest BCUT2D eigenvalue weighted by Gasteiger charge is 2.32. The Morgan fingerprint density at radius 2 is 1.58 bits per heavy atom. The Balaban J connectivity index is 1.80. The second-order valence-electron chi connectivity index (χ2n) is 8.61. The quantitative estimate of drug-likeness (QED) is 0.288. The fourth-order valence-corrected chi connectivity index (χ4v) is 5.64. The van der Waals surface area contributed by atoms with Gasteiger partial charge in [-0.25, -0.2) is 18.4 Å². The zero-order valence-electron chi connectivity index (χ0n) is 21.3. The number of methoxy groups -OCH3 is 2. The van der Waals surface area contributed by atoms with E-state index in [1.807, 2.05) is 0 Å². The minimum absolute atomic E-state index is 0.0402. The van der Waals surface area contributed by atoms with Gasteiger partial charge in [0.1, 0.15) is 28.8 Å². The van der Waals surface area contributed by atoms with Crippen molar-refractivity contribution >= 4 is 21.4 Å². The van der Waals surface area contributed by atoms with Crippen LogP contribution in [-0.2, 0) is 22.1 Å².